The van der Waals surface area contributed by atoms with Gasteiger partial charge in [-0.2, -0.15) is 0 Å². The first-order valence-corrected chi connectivity index (χ1v) is 12.4. The van der Waals surface area contributed by atoms with Gasteiger partial charge in [0.15, 0.2) is 0 Å². The number of carbonyl (C=O) groups is 2. The van der Waals surface area contributed by atoms with Gasteiger partial charge in [0.25, 0.3) is 0 Å². The molecule has 6 heteroatoms. The van der Waals surface area contributed by atoms with Crippen LogP contribution in [0.3, 0.4) is 0 Å². The van der Waals surface area contributed by atoms with E-state index in [1.165, 1.54) is 12.1 Å². The number of unbranched alkanes of at least 4 members (excludes halogenated alkanes) is 1. The molecule has 0 aliphatic carbocycles. The highest BCUT2D eigenvalue weighted by molar-refractivity contribution is 6.31. The van der Waals surface area contributed by atoms with Gasteiger partial charge >= 0.3 is 0 Å². The molecule has 0 bridgehead atoms. The van der Waals surface area contributed by atoms with E-state index in [-0.39, 0.29) is 35.4 Å². The summed E-state index contributed by atoms with van der Waals surface area (Å²) in [6.45, 7) is 4.81. The third kappa shape index (κ3) is 7.66. The van der Waals surface area contributed by atoms with Crippen LogP contribution in [-0.2, 0) is 29.0 Å². The Morgan fingerprint density at radius 1 is 0.971 bits per heavy atom. The average molecular weight is 495 g/mol. The van der Waals surface area contributed by atoms with Crippen molar-refractivity contribution in [3.8, 4) is 0 Å². The lowest BCUT2D eigenvalue weighted by molar-refractivity contribution is -0.140. The average Bonchev–Trinajstić information content (AvgIpc) is 2.85. The predicted molar refractivity (Wildman–Crippen MR) is 139 cm³/mol. The minimum Gasteiger partial charge on any atom is -0.354 e. The van der Waals surface area contributed by atoms with Crippen molar-refractivity contribution in [1.82, 2.24) is 10.2 Å². The first kappa shape index (κ1) is 26.4. The quantitative estimate of drug-likeness (QED) is 0.338. The number of nitrogens with zero attached hydrogens (tertiary/aromatic N) is 1. The molecular weight excluding hydrogens is 463 g/mol. The first-order chi connectivity index (χ1) is 16.9. The Morgan fingerprint density at radius 3 is 2.34 bits per heavy atom. The number of hydrogen-bond donors (Lipinski definition) is 1. The van der Waals surface area contributed by atoms with Crippen LogP contribution in [0, 0.1) is 12.7 Å². The molecule has 0 saturated heterocycles. The topological polar surface area (TPSA) is 49.4 Å². The van der Waals surface area contributed by atoms with E-state index < -0.39 is 11.9 Å². The van der Waals surface area contributed by atoms with Crippen molar-refractivity contribution in [2.75, 3.05) is 6.54 Å². The molecule has 0 unspecified atom stereocenters. The van der Waals surface area contributed by atoms with Crippen molar-refractivity contribution in [1.29, 1.82) is 0 Å². The molecule has 3 rings (SSSR count). The summed E-state index contributed by atoms with van der Waals surface area (Å²) in [6, 6.07) is 21.0. The number of aryl methyl sites for hydroxylation is 1. The zero-order chi connectivity index (χ0) is 25.2. The van der Waals surface area contributed by atoms with Crippen LogP contribution in [-0.4, -0.2) is 29.3 Å². The molecule has 0 saturated carbocycles. The predicted octanol–water partition coefficient (Wildman–Crippen LogP) is 5.89. The molecule has 35 heavy (non-hydrogen) atoms. The Balaban J connectivity index is 1.97. The second-order valence-electron chi connectivity index (χ2n) is 8.73. The number of carbonyl (C=O) groups excluding carboxylic acids is 2. The lowest BCUT2D eigenvalue weighted by Gasteiger charge is -2.32. The monoisotopic (exact) mass is 494 g/mol. The van der Waals surface area contributed by atoms with Crippen LogP contribution >= 0.6 is 11.6 Å². The molecule has 0 fully saturated rings. The van der Waals surface area contributed by atoms with Crippen molar-refractivity contribution in [3.63, 3.8) is 0 Å². The summed E-state index contributed by atoms with van der Waals surface area (Å²) in [7, 11) is 0. The van der Waals surface area contributed by atoms with Gasteiger partial charge in [0, 0.05) is 30.1 Å². The van der Waals surface area contributed by atoms with E-state index in [1.807, 2.05) is 61.5 Å². The highest BCUT2D eigenvalue weighted by Gasteiger charge is 2.31. The summed E-state index contributed by atoms with van der Waals surface area (Å²) >= 11 is 6.22. The lowest BCUT2D eigenvalue weighted by atomic mass is 10.0. The number of amides is 2. The van der Waals surface area contributed by atoms with Gasteiger partial charge < -0.3 is 10.2 Å². The van der Waals surface area contributed by atoms with E-state index in [2.05, 4.69) is 12.2 Å². The van der Waals surface area contributed by atoms with Crippen LogP contribution < -0.4 is 5.32 Å². The summed E-state index contributed by atoms with van der Waals surface area (Å²) in [4.78, 5) is 28.6. The van der Waals surface area contributed by atoms with Gasteiger partial charge in [0.1, 0.15) is 11.9 Å². The van der Waals surface area contributed by atoms with Crippen LogP contribution in [0.25, 0.3) is 0 Å². The van der Waals surface area contributed by atoms with Crippen molar-refractivity contribution in [2.45, 2.75) is 52.1 Å². The third-order valence-corrected chi connectivity index (χ3v) is 6.32. The summed E-state index contributed by atoms with van der Waals surface area (Å²) in [5.41, 5.74) is 3.07. The molecule has 0 spiro atoms. The fourth-order valence-corrected chi connectivity index (χ4v) is 4.13. The van der Waals surface area contributed by atoms with E-state index in [4.69, 9.17) is 11.6 Å². The van der Waals surface area contributed by atoms with Gasteiger partial charge in [-0.25, -0.2) is 4.39 Å². The molecule has 3 aromatic rings. The fourth-order valence-electron chi connectivity index (χ4n) is 3.90. The first-order valence-electron chi connectivity index (χ1n) is 12.0. The summed E-state index contributed by atoms with van der Waals surface area (Å²) in [6.07, 6.45) is 1.91. The number of nitrogens with one attached hydrogen (secondary N) is 1. The molecule has 0 aromatic heterocycles. The van der Waals surface area contributed by atoms with E-state index >= 15 is 0 Å². The molecule has 1 N–H and O–H groups in total. The third-order valence-electron chi connectivity index (χ3n) is 5.96. The van der Waals surface area contributed by atoms with Crippen molar-refractivity contribution in [3.05, 3.63) is 106 Å². The minimum atomic E-state index is -0.756. The minimum absolute atomic E-state index is 0.137. The Labute approximate surface area is 212 Å². The van der Waals surface area contributed by atoms with Gasteiger partial charge in [0.05, 0.1) is 6.42 Å². The largest absolute Gasteiger partial charge is 0.354 e. The second-order valence-corrected chi connectivity index (χ2v) is 9.14. The zero-order valence-corrected chi connectivity index (χ0v) is 21.0. The van der Waals surface area contributed by atoms with E-state index in [0.29, 0.717) is 13.0 Å². The van der Waals surface area contributed by atoms with Gasteiger partial charge in [0.2, 0.25) is 11.8 Å². The highest BCUT2D eigenvalue weighted by atomic mass is 35.5. The molecule has 184 valence electrons. The standard InChI is InChI=1S/C29H32ClFN2O2/c1-3-4-17-32-29(35)27(18-22-9-6-5-7-10-22)33(20-23-15-13-21(2)14-16-23)28(34)19-24-25(30)11-8-12-26(24)31/h5-16,27H,3-4,17-20H2,1-2H3,(H,32,35)/t27-/m1/s1. The van der Waals surface area contributed by atoms with Gasteiger partial charge in [-0.05, 0) is 36.6 Å². The number of rotatable bonds is 11. The maximum atomic E-state index is 14.5. The lowest BCUT2D eigenvalue weighted by Crippen LogP contribution is -2.51. The van der Waals surface area contributed by atoms with Gasteiger partial charge in [-0.1, -0.05) is 91.2 Å². The number of halogens is 2. The SMILES string of the molecule is CCCCNC(=O)[C@@H](Cc1ccccc1)N(Cc1ccc(C)cc1)C(=O)Cc1c(F)cccc1Cl. The Kier molecular flexibility index (Phi) is 9.86. The molecule has 2 amide bonds. The molecule has 1 atom stereocenters. The second kappa shape index (κ2) is 13.1. The van der Waals surface area contributed by atoms with Gasteiger partial charge in [-0.15, -0.1) is 0 Å². The smallest absolute Gasteiger partial charge is 0.243 e. The molecule has 4 nitrogen and oxygen atoms in total. The van der Waals surface area contributed by atoms with Gasteiger partial charge in [-0.3, -0.25) is 9.59 Å². The normalized spacial score (nSPS) is 11.7. The Hall–Kier alpha value is -3.18. The fraction of sp³-hybridized carbons (Fsp3) is 0.310. The van der Waals surface area contributed by atoms with E-state index in [1.54, 1.807) is 11.0 Å². The maximum Gasteiger partial charge on any atom is 0.243 e. The highest BCUT2D eigenvalue weighted by Crippen LogP contribution is 2.22. The maximum absolute atomic E-state index is 14.5. The van der Waals surface area contributed by atoms with Crippen LogP contribution in [0.15, 0.2) is 72.8 Å². The summed E-state index contributed by atoms with van der Waals surface area (Å²) < 4.78 is 14.5. The molecule has 0 aliphatic heterocycles. The van der Waals surface area contributed by atoms with Crippen molar-refractivity contribution in [2.24, 2.45) is 0 Å². The van der Waals surface area contributed by atoms with Crippen molar-refractivity contribution < 1.29 is 14.0 Å². The van der Waals surface area contributed by atoms with E-state index in [9.17, 15) is 14.0 Å². The number of hydrogen-bond acceptors (Lipinski definition) is 2. The molecule has 0 radical (unpaired) electrons. The Morgan fingerprint density at radius 2 is 1.69 bits per heavy atom. The van der Waals surface area contributed by atoms with Crippen LogP contribution in [0.5, 0.6) is 0 Å². The van der Waals surface area contributed by atoms with Crippen LogP contribution in [0.1, 0.15) is 42.0 Å². The molecule has 0 heterocycles. The van der Waals surface area contributed by atoms with Crippen LogP contribution in [0.4, 0.5) is 4.39 Å². The number of benzene rings is 3. The van der Waals surface area contributed by atoms with Crippen LogP contribution in [0.2, 0.25) is 5.02 Å². The summed E-state index contributed by atoms with van der Waals surface area (Å²) in [5, 5.41) is 3.18. The molecule has 3 aromatic carbocycles. The van der Waals surface area contributed by atoms with E-state index in [0.717, 1.165) is 29.5 Å². The molecule has 0 aliphatic rings. The Bertz CT molecular complexity index is 1100. The summed E-state index contributed by atoms with van der Waals surface area (Å²) in [5.74, 6) is -1.11. The zero-order valence-electron chi connectivity index (χ0n) is 20.3. The van der Waals surface area contributed by atoms with Crippen molar-refractivity contribution >= 4 is 23.4 Å². The molecular formula is C29H32ClFN2O2.